The monoisotopic (exact) mass is 302 g/mol. The zero-order chi connectivity index (χ0) is 14.8. The Morgan fingerprint density at radius 3 is 2.86 bits per heavy atom. The summed E-state index contributed by atoms with van der Waals surface area (Å²) in [6.45, 7) is 0.770. The molecule has 1 saturated carbocycles. The molecule has 1 aliphatic rings. The van der Waals surface area contributed by atoms with E-state index in [0.29, 0.717) is 17.3 Å². The highest BCUT2D eigenvalue weighted by molar-refractivity contribution is 7.07. The van der Waals surface area contributed by atoms with E-state index in [1.807, 2.05) is 6.07 Å². The number of nitrogens with zero attached hydrogens (tertiary/aromatic N) is 1. The highest BCUT2D eigenvalue weighted by atomic mass is 32.1. The van der Waals surface area contributed by atoms with Gasteiger partial charge >= 0.3 is 5.97 Å². The van der Waals surface area contributed by atoms with E-state index in [0.717, 1.165) is 25.1 Å². The van der Waals surface area contributed by atoms with Crippen molar-refractivity contribution in [2.75, 3.05) is 17.7 Å². The lowest BCUT2D eigenvalue weighted by Crippen LogP contribution is -2.28. The van der Waals surface area contributed by atoms with Gasteiger partial charge in [0.25, 0.3) is 0 Å². The molecule has 3 rings (SSSR count). The van der Waals surface area contributed by atoms with Gasteiger partial charge in [-0.05, 0) is 47.4 Å². The number of esters is 1. The van der Waals surface area contributed by atoms with Crippen LogP contribution in [-0.2, 0) is 11.3 Å². The smallest absolute Gasteiger partial charge is 0.340 e. The molecule has 1 aromatic heterocycles. The van der Waals surface area contributed by atoms with Gasteiger partial charge in [0.2, 0.25) is 0 Å². The largest absolute Gasteiger partial charge is 0.465 e. The van der Waals surface area contributed by atoms with Crippen LogP contribution >= 0.6 is 11.3 Å². The van der Waals surface area contributed by atoms with Gasteiger partial charge in [-0.15, -0.1) is 0 Å². The standard InChI is InChI=1S/C16H18N2O2S/c1-20-16(19)13-3-2-4-14(17)15(13)18(12-5-6-12)9-11-7-8-21-10-11/h2-4,7-8,10,12H,5-6,9,17H2,1H3. The number of carbonyl (C=O) groups excluding carboxylic acids is 1. The Morgan fingerprint density at radius 2 is 2.24 bits per heavy atom. The van der Waals surface area contributed by atoms with Gasteiger partial charge in [-0.3, -0.25) is 0 Å². The molecule has 1 heterocycles. The number of thiophene rings is 1. The van der Waals surface area contributed by atoms with Crippen LogP contribution in [0.15, 0.2) is 35.0 Å². The summed E-state index contributed by atoms with van der Waals surface area (Å²) in [5.41, 5.74) is 9.37. The van der Waals surface area contributed by atoms with Crippen molar-refractivity contribution < 1.29 is 9.53 Å². The van der Waals surface area contributed by atoms with Gasteiger partial charge in [0.05, 0.1) is 24.0 Å². The average Bonchev–Trinajstić information content (AvgIpc) is 3.21. The van der Waals surface area contributed by atoms with E-state index in [2.05, 4.69) is 21.7 Å². The van der Waals surface area contributed by atoms with Crippen molar-refractivity contribution in [2.24, 2.45) is 0 Å². The van der Waals surface area contributed by atoms with Crippen molar-refractivity contribution >= 4 is 28.7 Å². The quantitative estimate of drug-likeness (QED) is 0.680. The molecule has 0 radical (unpaired) electrons. The summed E-state index contributed by atoms with van der Waals surface area (Å²) < 4.78 is 4.90. The van der Waals surface area contributed by atoms with Crippen LogP contribution in [0.25, 0.3) is 0 Å². The number of rotatable bonds is 5. The van der Waals surface area contributed by atoms with Crippen LogP contribution in [0.4, 0.5) is 11.4 Å². The Hall–Kier alpha value is -2.01. The first-order valence-corrected chi connectivity index (χ1v) is 7.89. The highest BCUT2D eigenvalue weighted by Crippen LogP contribution is 2.38. The molecule has 0 aliphatic heterocycles. The van der Waals surface area contributed by atoms with Crippen LogP contribution in [0.1, 0.15) is 28.8 Å². The SMILES string of the molecule is COC(=O)c1cccc(N)c1N(Cc1ccsc1)C1CC1. The first-order valence-electron chi connectivity index (χ1n) is 6.95. The highest BCUT2D eigenvalue weighted by Gasteiger charge is 2.33. The fourth-order valence-electron chi connectivity index (χ4n) is 2.51. The van der Waals surface area contributed by atoms with E-state index < -0.39 is 0 Å². The van der Waals surface area contributed by atoms with Crippen LogP contribution < -0.4 is 10.6 Å². The lowest BCUT2D eigenvalue weighted by atomic mass is 10.1. The van der Waals surface area contributed by atoms with Crippen LogP contribution in [0, 0.1) is 0 Å². The summed E-state index contributed by atoms with van der Waals surface area (Å²) in [5.74, 6) is -0.340. The number of hydrogen-bond donors (Lipinski definition) is 1. The molecule has 0 bridgehead atoms. The molecule has 0 amide bonds. The van der Waals surface area contributed by atoms with E-state index in [9.17, 15) is 4.79 Å². The number of para-hydroxylation sites is 1. The summed E-state index contributed by atoms with van der Waals surface area (Å²) in [6, 6.07) is 7.97. The van der Waals surface area contributed by atoms with Crippen LogP contribution in [0.5, 0.6) is 0 Å². The molecule has 4 nitrogen and oxygen atoms in total. The number of ether oxygens (including phenoxy) is 1. The van der Waals surface area contributed by atoms with E-state index >= 15 is 0 Å². The summed E-state index contributed by atoms with van der Waals surface area (Å²) in [7, 11) is 1.40. The number of methoxy groups -OCH3 is 1. The number of benzene rings is 1. The molecule has 0 atom stereocenters. The number of nitrogens with two attached hydrogens (primary N) is 1. The van der Waals surface area contributed by atoms with E-state index in [4.69, 9.17) is 10.5 Å². The third-order valence-corrected chi connectivity index (χ3v) is 4.41. The normalized spacial score (nSPS) is 14.0. The Balaban J connectivity index is 2.00. The molecule has 1 fully saturated rings. The fourth-order valence-corrected chi connectivity index (χ4v) is 3.17. The number of hydrogen-bond acceptors (Lipinski definition) is 5. The van der Waals surface area contributed by atoms with Crippen LogP contribution in [0.3, 0.4) is 0 Å². The summed E-state index contributed by atoms with van der Waals surface area (Å²) >= 11 is 1.68. The maximum Gasteiger partial charge on any atom is 0.340 e. The van der Waals surface area contributed by atoms with E-state index in [-0.39, 0.29) is 5.97 Å². The Kier molecular flexibility index (Phi) is 3.84. The number of carbonyl (C=O) groups is 1. The Labute approximate surface area is 128 Å². The Bertz CT molecular complexity index is 636. The summed E-state index contributed by atoms with van der Waals surface area (Å²) in [4.78, 5) is 14.3. The maximum absolute atomic E-state index is 12.0. The van der Waals surface area contributed by atoms with Gasteiger partial charge in [0.1, 0.15) is 0 Å². The minimum absolute atomic E-state index is 0.340. The molecular formula is C16H18N2O2S. The van der Waals surface area contributed by atoms with Gasteiger partial charge in [-0.25, -0.2) is 4.79 Å². The molecule has 5 heteroatoms. The van der Waals surface area contributed by atoms with Gasteiger partial charge in [-0.2, -0.15) is 11.3 Å². The van der Waals surface area contributed by atoms with Crippen molar-refractivity contribution in [1.29, 1.82) is 0 Å². The topological polar surface area (TPSA) is 55.6 Å². The minimum atomic E-state index is -0.340. The molecule has 0 unspecified atom stereocenters. The Morgan fingerprint density at radius 1 is 1.43 bits per heavy atom. The van der Waals surface area contributed by atoms with Crippen molar-refractivity contribution in [2.45, 2.75) is 25.4 Å². The molecule has 0 spiro atoms. The van der Waals surface area contributed by atoms with Crippen molar-refractivity contribution in [3.8, 4) is 0 Å². The molecule has 21 heavy (non-hydrogen) atoms. The summed E-state index contributed by atoms with van der Waals surface area (Å²) in [5, 5.41) is 4.20. The van der Waals surface area contributed by atoms with Gasteiger partial charge < -0.3 is 15.4 Å². The first kappa shape index (κ1) is 13.9. The van der Waals surface area contributed by atoms with Gasteiger partial charge in [0.15, 0.2) is 0 Å². The minimum Gasteiger partial charge on any atom is -0.465 e. The molecule has 110 valence electrons. The molecule has 2 N–H and O–H groups in total. The lowest BCUT2D eigenvalue weighted by molar-refractivity contribution is 0.0601. The predicted octanol–water partition coefficient (Wildman–Crippen LogP) is 3.29. The second kappa shape index (κ2) is 5.77. The molecule has 2 aromatic rings. The number of nitrogen functional groups attached to an aromatic ring is 1. The molecule has 0 saturated heterocycles. The second-order valence-electron chi connectivity index (χ2n) is 5.23. The molecular weight excluding hydrogens is 284 g/mol. The zero-order valence-corrected chi connectivity index (χ0v) is 12.7. The van der Waals surface area contributed by atoms with E-state index in [1.165, 1.54) is 12.7 Å². The maximum atomic E-state index is 12.0. The van der Waals surface area contributed by atoms with Crippen LogP contribution in [-0.4, -0.2) is 19.1 Å². The fraction of sp³-hybridized carbons (Fsp3) is 0.312. The number of anilines is 2. The third-order valence-electron chi connectivity index (χ3n) is 3.68. The zero-order valence-electron chi connectivity index (χ0n) is 11.9. The first-order chi connectivity index (χ1) is 10.2. The molecule has 1 aromatic carbocycles. The predicted molar refractivity (Wildman–Crippen MR) is 85.7 cm³/mol. The second-order valence-corrected chi connectivity index (χ2v) is 6.01. The molecule has 1 aliphatic carbocycles. The van der Waals surface area contributed by atoms with Crippen molar-refractivity contribution in [3.63, 3.8) is 0 Å². The van der Waals surface area contributed by atoms with Gasteiger partial charge in [-0.1, -0.05) is 6.07 Å². The third kappa shape index (κ3) is 2.88. The van der Waals surface area contributed by atoms with Crippen molar-refractivity contribution in [3.05, 3.63) is 46.2 Å². The van der Waals surface area contributed by atoms with Crippen molar-refractivity contribution in [1.82, 2.24) is 0 Å². The van der Waals surface area contributed by atoms with Gasteiger partial charge in [0, 0.05) is 12.6 Å². The summed E-state index contributed by atoms with van der Waals surface area (Å²) in [6.07, 6.45) is 2.28. The lowest BCUT2D eigenvalue weighted by Gasteiger charge is -2.27. The van der Waals surface area contributed by atoms with E-state index in [1.54, 1.807) is 23.5 Å². The average molecular weight is 302 g/mol. The van der Waals surface area contributed by atoms with Crippen LogP contribution in [0.2, 0.25) is 0 Å².